The molecule has 2 aliphatic rings. The van der Waals surface area contributed by atoms with E-state index in [4.69, 9.17) is 0 Å². The lowest BCUT2D eigenvalue weighted by Gasteiger charge is -2.37. The predicted molar refractivity (Wildman–Crippen MR) is 69.7 cm³/mol. The zero-order valence-electron chi connectivity index (χ0n) is 11.0. The molecule has 1 aliphatic carbocycles. The first-order valence-corrected chi connectivity index (χ1v) is 7.19. The molecule has 1 aliphatic heterocycles. The van der Waals surface area contributed by atoms with Crippen LogP contribution in [0, 0.1) is 5.92 Å². The molecular formula is C14H28N2. The van der Waals surface area contributed by atoms with Gasteiger partial charge >= 0.3 is 0 Å². The molecule has 1 saturated carbocycles. The maximum Gasteiger partial charge on any atom is 0.0218 e. The van der Waals surface area contributed by atoms with E-state index in [0.717, 1.165) is 18.0 Å². The standard InChI is InChI=1S/C14H28N2/c1-12-8-9-14(10-15-12)16(2)11-13-6-4-3-5-7-13/h12-15H,3-11H2,1-2H3. The third-order valence-electron chi connectivity index (χ3n) is 4.53. The van der Waals surface area contributed by atoms with E-state index in [1.807, 2.05) is 0 Å². The van der Waals surface area contributed by atoms with Gasteiger partial charge in [-0.25, -0.2) is 0 Å². The minimum absolute atomic E-state index is 0.735. The Morgan fingerprint density at radius 2 is 1.81 bits per heavy atom. The lowest BCUT2D eigenvalue weighted by atomic mass is 9.88. The summed E-state index contributed by atoms with van der Waals surface area (Å²) >= 11 is 0. The molecule has 0 aromatic carbocycles. The van der Waals surface area contributed by atoms with Crippen molar-refractivity contribution < 1.29 is 0 Å². The van der Waals surface area contributed by atoms with Crippen molar-refractivity contribution in [1.29, 1.82) is 0 Å². The van der Waals surface area contributed by atoms with Gasteiger partial charge in [0.15, 0.2) is 0 Å². The fraction of sp³-hybridized carbons (Fsp3) is 1.00. The molecule has 2 nitrogen and oxygen atoms in total. The maximum atomic E-state index is 3.61. The van der Waals surface area contributed by atoms with Crippen molar-refractivity contribution in [3.63, 3.8) is 0 Å². The van der Waals surface area contributed by atoms with Crippen LogP contribution in [0.5, 0.6) is 0 Å². The SMILES string of the molecule is CC1CCC(N(C)CC2CCCCC2)CN1. The molecular weight excluding hydrogens is 196 g/mol. The van der Waals surface area contributed by atoms with Gasteiger partial charge in [0, 0.05) is 25.2 Å². The maximum absolute atomic E-state index is 3.61. The molecule has 0 radical (unpaired) electrons. The Balaban J connectivity index is 1.72. The lowest BCUT2D eigenvalue weighted by Crippen LogP contribution is -2.48. The van der Waals surface area contributed by atoms with Crippen LogP contribution in [0.2, 0.25) is 0 Å². The van der Waals surface area contributed by atoms with Gasteiger partial charge in [0.25, 0.3) is 0 Å². The fourth-order valence-corrected chi connectivity index (χ4v) is 3.29. The third-order valence-corrected chi connectivity index (χ3v) is 4.53. The molecule has 94 valence electrons. The first-order chi connectivity index (χ1) is 7.75. The monoisotopic (exact) mass is 224 g/mol. The summed E-state index contributed by atoms with van der Waals surface area (Å²) in [6.07, 6.45) is 10.1. The summed E-state index contributed by atoms with van der Waals surface area (Å²) in [6.45, 7) is 4.84. The molecule has 0 aromatic heterocycles. The van der Waals surface area contributed by atoms with Gasteiger partial charge in [0.05, 0.1) is 0 Å². The number of hydrogen-bond acceptors (Lipinski definition) is 2. The van der Waals surface area contributed by atoms with E-state index in [1.165, 1.54) is 58.0 Å². The molecule has 0 aromatic rings. The number of rotatable bonds is 3. The molecule has 1 heterocycles. The molecule has 2 atom stereocenters. The molecule has 1 N–H and O–H groups in total. The average molecular weight is 224 g/mol. The van der Waals surface area contributed by atoms with Crippen LogP contribution in [0.1, 0.15) is 51.9 Å². The van der Waals surface area contributed by atoms with Crippen LogP contribution in [-0.2, 0) is 0 Å². The van der Waals surface area contributed by atoms with Gasteiger partial charge in [-0.3, -0.25) is 0 Å². The molecule has 2 unspecified atom stereocenters. The van der Waals surface area contributed by atoms with Crippen LogP contribution in [0.3, 0.4) is 0 Å². The van der Waals surface area contributed by atoms with Gasteiger partial charge in [0.1, 0.15) is 0 Å². The molecule has 0 amide bonds. The molecule has 2 fully saturated rings. The summed E-state index contributed by atoms with van der Waals surface area (Å²) in [4.78, 5) is 2.62. The second kappa shape index (κ2) is 6.02. The van der Waals surface area contributed by atoms with E-state index in [9.17, 15) is 0 Å². The summed E-state index contributed by atoms with van der Waals surface area (Å²) < 4.78 is 0. The van der Waals surface area contributed by atoms with Crippen molar-refractivity contribution in [3.8, 4) is 0 Å². The predicted octanol–water partition coefficient (Wildman–Crippen LogP) is 2.64. The van der Waals surface area contributed by atoms with E-state index in [0.29, 0.717) is 0 Å². The topological polar surface area (TPSA) is 15.3 Å². The number of nitrogens with zero attached hydrogens (tertiary/aromatic N) is 1. The van der Waals surface area contributed by atoms with Gasteiger partial charge in [-0.1, -0.05) is 19.3 Å². The Morgan fingerprint density at radius 3 is 2.44 bits per heavy atom. The highest BCUT2D eigenvalue weighted by Crippen LogP contribution is 2.25. The highest BCUT2D eigenvalue weighted by atomic mass is 15.2. The first kappa shape index (κ1) is 12.4. The largest absolute Gasteiger partial charge is 0.313 e. The molecule has 0 spiro atoms. The smallest absolute Gasteiger partial charge is 0.0218 e. The lowest BCUT2D eigenvalue weighted by molar-refractivity contribution is 0.149. The highest BCUT2D eigenvalue weighted by molar-refractivity contribution is 4.82. The molecule has 2 heteroatoms. The van der Waals surface area contributed by atoms with Crippen molar-refractivity contribution in [3.05, 3.63) is 0 Å². The minimum atomic E-state index is 0.735. The Bertz CT molecular complexity index is 191. The summed E-state index contributed by atoms with van der Waals surface area (Å²) in [7, 11) is 2.33. The zero-order chi connectivity index (χ0) is 11.4. The van der Waals surface area contributed by atoms with Gasteiger partial charge < -0.3 is 10.2 Å². The Morgan fingerprint density at radius 1 is 1.06 bits per heavy atom. The summed E-state index contributed by atoms with van der Waals surface area (Å²) in [5.41, 5.74) is 0. The van der Waals surface area contributed by atoms with Gasteiger partial charge in [-0.2, -0.15) is 0 Å². The van der Waals surface area contributed by atoms with Gasteiger partial charge in [0.2, 0.25) is 0 Å². The normalized spacial score (nSPS) is 33.2. The quantitative estimate of drug-likeness (QED) is 0.793. The molecule has 1 saturated heterocycles. The van der Waals surface area contributed by atoms with Gasteiger partial charge in [-0.15, -0.1) is 0 Å². The average Bonchev–Trinajstić information content (AvgIpc) is 2.31. The third kappa shape index (κ3) is 3.46. The molecule has 2 rings (SSSR count). The van der Waals surface area contributed by atoms with Crippen molar-refractivity contribution in [1.82, 2.24) is 10.2 Å². The second-order valence-electron chi connectivity index (χ2n) is 5.98. The Kier molecular flexibility index (Phi) is 4.66. The van der Waals surface area contributed by atoms with Gasteiger partial charge in [-0.05, 0) is 45.6 Å². The van der Waals surface area contributed by atoms with E-state index in [1.54, 1.807) is 0 Å². The van der Waals surface area contributed by atoms with Crippen LogP contribution >= 0.6 is 0 Å². The molecule has 16 heavy (non-hydrogen) atoms. The fourth-order valence-electron chi connectivity index (χ4n) is 3.29. The number of likely N-dealkylation sites (N-methyl/N-ethyl adjacent to an activating group) is 1. The second-order valence-corrected chi connectivity index (χ2v) is 5.98. The number of hydrogen-bond donors (Lipinski definition) is 1. The van der Waals surface area contributed by atoms with E-state index < -0.39 is 0 Å². The summed E-state index contributed by atoms with van der Waals surface area (Å²) in [6, 6.07) is 1.53. The first-order valence-electron chi connectivity index (χ1n) is 7.19. The number of nitrogens with one attached hydrogen (secondary N) is 1. The van der Waals surface area contributed by atoms with Crippen molar-refractivity contribution in [2.24, 2.45) is 5.92 Å². The summed E-state index contributed by atoms with van der Waals surface area (Å²) in [5.74, 6) is 0.984. The summed E-state index contributed by atoms with van der Waals surface area (Å²) in [5, 5.41) is 3.61. The van der Waals surface area contributed by atoms with E-state index >= 15 is 0 Å². The Hall–Kier alpha value is -0.0800. The Labute approximate surface area is 101 Å². The van der Waals surface area contributed by atoms with Crippen LogP contribution in [0.25, 0.3) is 0 Å². The van der Waals surface area contributed by atoms with E-state index in [2.05, 4.69) is 24.2 Å². The molecule has 0 bridgehead atoms. The van der Waals surface area contributed by atoms with Crippen LogP contribution < -0.4 is 5.32 Å². The van der Waals surface area contributed by atoms with Crippen LogP contribution in [-0.4, -0.2) is 37.1 Å². The van der Waals surface area contributed by atoms with E-state index in [-0.39, 0.29) is 0 Å². The highest BCUT2D eigenvalue weighted by Gasteiger charge is 2.23. The van der Waals surface area contributed by atoms with Crippen molar-refractivity contribution in [2.75, 3.05) is 20.1 Å². The van der Waals surface area contributed by atoms with Crippen molar-refractivity contribution in [2.45, 2.75) is 64.0 Å². The van der Waals surface area contributed by atoms with Crippen LogP contribution in [0.4, 0.5) is 0 Å². The van der Waals surface area contributed by atoms with Crippen molar-refractivity contribution >= 4 is 0 Å². The number of piperidine rings is 1. The minimum Gasteiger partial charge on any atom is -0.313 e. The van der Waals surface area contributed by atoms with Crippen LogP contribution in [0.15, 0.2) is 0 Å². The zero-order valence-corrected chi connectivity index (χ0v) is 11.0.